The molecule has 2 heterocycles. The summed E-state index contributed by atoms with van der Waals surface area (Å²) in [5.41, 5.74) is -0.889. The smallest absolute Gasteiger partial charge is 0.391 e. The molecule has 2 aromatic heterocycles. The molecule has 2 amide bonds. The number of aromatic amines is 1. The summed E-state index contributed by atoms with van der Waals surface area (Å²) in [5.74, 6) is -3.80. The minimum atomic E-state index is -4.32. The summed E-state index contributed by atoms with van der Waals surface area (Å²) >= 11 is 6.22. The lowest BCUT2D eigenvalue weighted by Crippen LogP contribution is -2.40. The Kier molecular flexibility index (Phi) is 9.86. The van der Waals surface area contributed by atoms with E-state index in [0.717, 1.165) is 0 Å². The van der Waals surface area contributed by atoms with E-state index in [2.05, 4.69) is 30.9 Å². The van der Waals surface area contributed by atoms with Gasteiger partial charge in [0.1, 0.15) is 5.56 Å². The number of amides is 2. The number of hydrogen-bond acceptors (Lipinski definition) is 6. The highest BCUT2D eigenvalue weighted by molar-refractivity contribution is 6.33. The van der Waals surface area contributed by atoms with Gasteiger partial charge in [-0.2, -0.15) is 23.1 Å². The summed E-state index contributed by atoms with van der Waals surface area (Å²) in [7, 11) is 0. The molecule has 1 aliphatic rings. The van der Waals surface area contributed by atoms with Gasteiger partial charge in [-0.1, -0.05) is 38.4 Å². The molecule has 0 saturated heterocycles. The van der Waals surface area contributed by atoms with Crippen LogP contribution in [0.5, 0.6) is 5.88 Å². The van der Waals surface area contributed by atoms with E-state index in [0.29, 0.717) is 0 Å². The number of nitrogens with zero attached hydrogens (tertiary/aromatic N) is 2. The molecule has 3 aromatic rings. The average molecular weight is 649 g/mol. The van der Waals surface area contributed by atoms with Crippen molar-refractivity contribution in [3.05, 3.63) is 40.2 Å². The monoisotopic (exact) mass is 648 g/mol. The first-order valence-corrected chi connectivity index (χ1v) is 14.1. The Hall–Kier alpha value is -3.75. The third-order valence-electron chi connectivity index (χ3n) is 7.09. The molecule has 0 spiro atoms. The molecule has 1 fully saturated rings. The summed E-state index contributed by atoms with van der Waals surface area (Å²) < 4.78 is 85.4. The van der Waals surface area contributed by atoms with Crippen molar-refractivity contribution in [2.24, 2.45) is 11.3 Å². The lowest BCUT2D eigenvalue weighted by Gasteiger charge is -2.30. The zero-order valence-electron chi connectivity index (χ0n) is 24.0. The van der Waals surface area contributed by atoms with Crippen LogP contribution in [0.3, 0.4) is 0 Å². The molecule has 44 heavy (non-hydrogen) atoms. The summed E-state index contributed by atoms with van der Waals surface area (Å²) in [6.07, 6.45) is -7.34. The number of aromatic nitrogens is 3. The maximum atomic E-state index is 15.4. The summed E-state index contributed by atoms with van der Waals surface area (Å²) in [5, 5.41) is 7.99. The van der Waals surface area contributed by atoms with Gasteiger partial charge in [-0.25, -0.2) is 13.2 Å². The van der Waals surface area contributed by atoms with Crippen LogP contribution in [-0.2, 0) is 11.3 Å². The van der Waals surface area contributed by atoms with E-state index < -0.39 is 54.2 Å². The van der Waals surface area contributed by atoms with Gasteiger partial charge in [0, 0.05) is 23.6 Å². The molecule has 240 valence electrons. The Morgan fingerprint density at radius 3 is 2.41 bits per heavy atom. The third-order valence-corrected chi connectivity index (χ3v) is 7.40. The zero-order chi connectivity index (χ0) is 32.4. The van der Waals surface area contributed by atoms with Gasteiger partial charge < -0.3 is 25.7 Å². The Balaban J connectivity index is 1.56. The Morgan fingerprint density at radius 2 is 1.80 bits per heavy atom. The van der Waals surface area contributed by atoms with Crippen LogP contribution in [0.4, 0.5) is 38.0 Å². The van der Waals surface area contributed by atoms with E-state index in [1.165, 1.54) is 18.2 Å². The molecule has 4 N–H and O–H groups in total. The van der Waals surface area contributed by atoms with Gasteiger partial charge in [-0.3, -0.25) is 9.59 Å². The highest BCUT2D eigenvalue weighted by Gasteiger charge is 2.41. The molecule has 16 heteroatoms. The molecule has 1 aromatic carbocycles. The van der Waals surface area contributed by atoms with E-state index in [1.54, 1.807) is 20.8 Å². The number of halogens is 7. The molecule has 0 unspecified atom stereocenters. The summed E-state index contributed by atoms with van der Waals surface area (Å²) in [6, 6.07) is 3.52. The standard InChI is InChI=1S/C28H31ClF6N6O3/c1-27(2,3)25(43)36-11-13-4-9-17(29)21(20(13)32)39-26-38-18-10-16(24(40-22(18)41-26)44-12-19(30)31)23(42)37-15-7-5-14(6-8-15)28(33,34)35/h4,9-10,14-15,19H,5-8,11-12H2,1-3H3,(H,36,43)(H,37,42)(H2,38,39,40,41). The van der Waals surface area contributed by atoms with Crippen molar-refractivity contribution in [3.8, 4) is 5.88 Å². The SMILES string of the molecule is CC(C)(C)C(=O)NCc1ccc(Cl)c(Nc2nc3nc(OCC(F)F)c(C(=O)NC4CCC(C(F)(F)F)CC4)cc3[nH]2)c1F. The van der Waals surface area contributed by atoms with Crippen molar-refractivity contribution in [1.82, 2.24) is 25.6 Å². The van der Waals surface area contributed by atoms with E-state index in [-0.39, 0.29) is 77.1 Å². The van der Waals surface area contributed by atoms with Crippen molar-refractivity contribution < 1.29 is 40.7 Å². The van der Waals surface area contributed by atoms with Crippen LogP contribution in [0.25, 0.3) is 11.2 Å². The van der Waals surface area contributed by atoms with Crippen molar-refractivity contribution >= 4 is 46.2 Å². The average Bonchev–Trinajstić information content (AvgIpc) is 3.33. The van der Waals surface area contributed by atoms with Crippen LogP contribution in [-0.4, -0.2) is 52.0 Å². The lowest BCUT2D eigenvalue weighted by molar-refractivity contribution is -0.182. The Bertz CT molecular complexity index is 1520. The van der Waals surface area contributed by atoms with Crippen LogP contribution in [0.2, 0.25) is 5.02 Å². The van der Waals surface area contributed by atoms with Gasteiger partial charge in [0.05, 0.1) is 22.1 Å². The lowest BCUT2D eigenvalue weighted by atomic mass is 9.85. The number of hydrogen-bond donors (Lipinski definition) is 4. The molecule has 0 atom stereocenters. The molecule has 0 radical (unpaired) electrons. The molecule has 9 nitrogen and oxygen atoms in total. The minimum Gasteiger partial charge on any atom is -0.471 e. The number of carbonyl (C=O) groups excluding carboxylic acids is 2. The first kappa shape index (κ1) is 33.1. The molecular weight excluding hydrogens is 618 g/mol. The van der Waals surface area contributed by atoms with Crippen LogP contribution in [0, 0.1) is 17.2 Å². The number of benzene rings is 1. The summed E-state index contributed by atoms with van der Waals surface area (Å²) in [4.78, 5) is 36.4. The largest absolute Gasteiger partial charge is 0.471 e. The molecule has 1 aliphatic carbocycles. The van der Waals surface area contributed by atoms with E-state index in [9.17, 15) is 31.5 Å². The maximum absolute atomic E-state index is 15.4. The van der Waals surface area contributed by atoms with Crippen molar-refractivity contribution in [2.45, 2.75) is 71.6 Å². The highest BCUT2D eigenvalue weighted by atomic mass is 35.5. The fraction of sp³-hybridized carbons (Fsp3) is 0.500. The van der Waals surface area contributed by atoms with E-state index in [1.807, 2.05) is 0 Å². The van der Waals surface area contributed by atoms with Crippen LogP contribution >= 0.6 is 11.6 Å². The zero-order valence-corrected chi connectivity index (χ0v) is 24.7. The van der Waals surface area contributed by atoms with Crippen LogP contribution in [0.1, 0.15) is 62.4 Å². The summed E-state index contributed by atoms with van der Waals surface area (Å²) in [6.45, 7) is 3.95. The van der Waals surface area contributed by atoms with Crippen molar-refractivity contribution in [1.29, 1.82) is 0 Å². The van der Waals surface area contributed by atoms with Gasteiger partial charge in [-0.05, 0) is 37.8 Å². The van der Waals surface area contributed by atoms with Gasteiger partial charge in [0.15, 0.2) is 18.1 Å². The predicted octanol–water partition coefficient (Wildman–Crippen LogP) is 6.65. The number of anilines is 2. The third kappa shape index (κ3) is 8.04. The number of rotatable bonds is 9. The fourth-order valence-corrected chi connectivity index (χ4v) is 4.83. The maximum Gasteiger partial charge on any atom is 0.391 e. The number of pyridine rings is 1. The Labute approximate surface area is 253 Å². The molecule has 0 aliphatic heterocycles. The molecular formula is C28H31ClF6N6O3. The van der Waals surface area contributed by atoms with Crippen molar-refractivity contribution in [3.63, 3.8) is 0 Å². The van der Waals surface area contributed by atoms with E-state index in [4.69, 9.17) is 16.3 Å². The number of carbonyl (C=O) groups is 2. The number of nitrogens with one attached hydrogen (secondary N) is 4. The first-order valence-electron chi connectivity index (χ1n) is 13.7. The fourth-order valence-electron chi connectivity index (χ4n) is 4.63. The molecule has 0 bridgehead atoms. The minimum absolute atomic E-state index is 0.0110. The van der Waals surface area contributed by atoms with E-state index >= 15 is 4.39 Å². The van der Waals surface area contributed by atoms with Gasteiger partial charge in [0.25, 0.3) is 12.3 Å². The second-order valence-corrected chi connectivity index (χ2v) is 11.9. The quantitative estimate of drug-likeness (QED) is 0.193. The highest BCUT2D eigenvalue weighted by Crippen LogP contribution is 2.38. The first-order chi connectivity index (χ1) is 20.5. The Morgan fingerprint density at radius 1 is 1.11 bits per heavy atom. The van der Waals surface area contributed by atoms with Crippen molar-refractivity contribution in [2.75, 3.05) is 11.9 Å². The number of fused-ring (bicyclic) bond motifs is 1. The van der Waals surface area contributed by atoms with Crippen LogP contribution in [0.15, 0.2) is 18.2 Å². The topological polar surface area (TPSA) is 121 Å². The molecule has 1 saturated carbocycles. The van der Waals surface area contributed by atoms with Crippen LogP contribution < -0.4 is 20.7 Å². The number of alkyl halides is 5. The number of imidazole rings is 1. The number of ether oxygens (including phenoxy) is 1. The van der Waals surface area contributed by atoms with Gasteiger partial charge in [0.2, 0.25) is 17.7 Å². The normalized spacial score (nSPS) is 17.5. The predicted molar refractivity (Wildman–Crippen MR) is 151 cm³/mol. The second kappa shape index (κ2) is 13.1. The van der Waals surface area contributed by atoms with Gasteiger partial charge >= 0.3 is 6.18 Å². The second-order valence-electron chi connectivity index (χ2n) is 11.5. The molecule has 4 rings (SSSR count). The van der Waals surface area contributed by atoms with Gasteiger partial charge in [-0.15, -0.1) is 0 Å². The number of H-pyrrole nitrogens is 1.